The van der Waals surface area contributed by atoms with Gasteiger partial charge in [-0.1, -0.05) is 17.7 Å². The van der Waals surface area contributed by atoms with E-state index < -0.39 is 0 Å². The number of rotatable bonds is 2. The van der Waals surface area contributed by atoms with Crippen LogP contribution in [0.15, 0.2) is 29.3 Å². The highest BCUT2D eigenvalue weighted by atomic mass is 79.9. The van der Waals surface area contributed by atoms with Crippen LogP contribution in [0.2, 0.25) is 0 Å². The first kappa shape index (κ1) is 18.1. The molecule has 2 aromatic rings. The molecule has 29 heavy (non-hydrogen) atoms. The largest absolute Gasteiger partial charge is 0.312 e. The van der Waals surface area contributed by atoms with Gasteiger partial charge in [0.25, 0.3) is 0 Å². The van der Waals surface area contributed by atoms with Crippen LogP contribution in [0.3, 0.4) is 0 Å². The highest BCUT2D eigenvalue weighted by Gasteiger charge is 2.62. The van der Waals surface area contributed by atoms with Crippen LogP contribution in [-0.4, -0.2) is 27.2 Å². The highest BCUT2D eigenvalue weighted by Crippen LogP contribution is 2.64. The van der Waals surface area contributed by atoms with Gasteiger partial charge in [0, 0.05) is 12.2 Å². The molecule has 4 bridgehead atoms. The van der Waals surface area contributed by atoms with Gasteiger partial charge >= 0.3 is 0 Å². The highest BCUT2D eigenvalue weighted by molar-refractivity contribution is 9.10. The lowest BCUT2D eigenvalue weighted by molar-refractivity contribution is -0.153. The Morgan fingerprint density at radius 2 is 2.00 bits per heavy atom. The van der Waals surface area contributed by atoms with Crippen molar-refractivity contribution in [1.82, 2.24) is 14.8 Å². The van der Waals surface area contributed by atoms with Crippen molar-refractivity contribution >= 4 is 27.5 Å². The number of aryl methyl sites for hydroxylation is 2. The average Bonchev–Trinajstić information content (AvgIpc) is 3.13. The van der Waals surface area contributed by atoms with Crippen molar-refractivity contribution in [2.75, 3.05) is 11.4 Å². The number of hydrogen-bond acceptors (Lipinski definition) is 3. The lowest BCUT2D eigenvalue weighted by atomic mass is 9.46. The molecule has 0 radical (unpaired) electrons. The first-order valence-corrected chi connectivity index (χ1v) is 11.7. The molecule has 2 unspecified atom stereocenters. The Morgan fingerprint density at radius 3 is 2.72 bits per heavy atom. The minimum absolute atomic E-state index is 0.0370. The third-order valence-electron chi connectivity index (χ3n) is 8.03. The molecule has 0 saturated heterocycles. The minimum Gasteiger partial charge on any atom is -0.312 e. The zero-order valence-electron chi connectivity index (χ0n) is 16.9. The Labute approximate surface area is 180 Å². The zero-order chi connectivity index (χ0) is 19.8. The third-order valence-corrected chi connectivity index (χ3v) is 8.40. The summed E-state index contributed by atoms with van der Waals surface area (Å²) in [4.78, 5) is 20.6. The van der Waals surface area contributed by atoms with E-state index in [1.807, 2.05) is 6.33 Å². The second-order valence-electron chi connectivity index (χ2n) is 10.1. The quantitative estimate of drug-likeness (QED) is 0.664. The van der Waals surface area contributed by atoms with Crippen LogP contribution >= 0.6 is 15.9 Å². The first-order valence-electron chi connectivity index (χ1n) is 11.0. The molecule has 4 aliphatic carbocycles. The van der Waals surface area contributed by atoms with Crippen molar-refractivity contribution in [3.63, 3.8) is 0 Å². The van der Waals surface area contributed by atoms with Crippen molar-refractivity contribution in [3.8, 4) is 0 Å². The predicted molar refractivity (Wildman–Crippen MR) is 115 cm³/mol. The van der Waals surface area contributed by atoms with Gasteiger partial charge in [-0.25, -0.2) is 9.67 Å². The van der Waals surface area contributed by atoms with E-state index in [0.717, 1.165) is 57.2 Å². The van der Waals surface area contributed by atoms with Gasteiger partial charge in [0.1, 0.15) is 6.33 Å². The van der Waals surface area contributed by atoms with Crippen LogP contribution in [0.1, 0.15) is 56.1 Å². The van der Waals surface area contributed by atoms with E-state index in [-0.39, 0.29) is 11.0 Å². The van der Waals surface area contributed by atoms with Gasteiger partial charge in [-0.15, -0.1) is 5.10 Å². The summed E-state index contributed by atoms with van der Waals surface area (Å²) in [6.07, 6.45) is 10.6. The normalized spacial score (nSPS) is 35.0. The summed E-state index contributed by atoms with van der Waals surface area (Å²) >= 11 is 3.42. The topological polar surface area (TPSA) is 51.0 Å². The molecule has 0 spiro atoms. The van der Waals surface area contributed by atoms with E-state index >= 15 is 0 Å². The van der Waals surface area contributed by atoms with E-state index in [2.05, 4.69) is 60.7 Å². The van der Waals surface area contributed by atoms with Gasteiger partial charge < -0.3 is 4.90 Å². The Kier molecular flexibility index (Phi) is 3.85. The molecule has 1 aromatic carbocycles. The van der Waals surface area contributed by atoms with Gasteiger partial charge in [-0.3, -0.25) is 4.79 Å². The van der Waals surface area contributed by atoms with E-state index in [9.17, 15) is 4.79 Å². The summed E-state index contributed by atoms with van der Waals surface area (Å²) in [6, 6.07) is 6.59. The number of anilines is 1. The zero-order valence-corrected chi connectivity index (χ0v) is 18.5. The molecule has 5 aliphatic rings. The predicted octanol–water partition coefficient (Wildman–Crippen LogP) is 4.62. The Morgan fingerprint density at radius 1 is 1.21 bits per heavy atom. The lowest BCUT2D eigenvalue weighted by Crippen LogP contribution is -2.62. The molecule has 1 aromatic heterocycles. The maximum atomic E-state index is 14.1. The second kappa shape index (κ2) is 6.16. The molecular weight excluding hydrogens is 428 g/mol. The fourth-order valence-electron chi connectivity index (χ4n) is 7.43. The second-order valence-corrected chi connectivity index (χ2v) is 10.8. The molecule has 6 heteroatoms. The van der Waals surface area contributed by atoms with Gasteiger partial charge in [0.15, 0.2) is 0 Å². The summed E-state index contributed by atoms with van der Waals surface area (Å²) in [5, 5.41) is 4.65. The summed E-state index contributed by atoms with van der Waals surface area (Å²) in [5.41, 5.74) is 3.50. The number of hydrogen-bond donors (Lipinski definition) is 0. The molecule has 5 nitrogen and oxygen atoms in total. The lowest BCUT2D eigenvalue weighted by Gasteiger charge is -2.61. The number of benzene rings is 1. The maximum Gasteiger partial charge on any atom is 0.233 e. The number of aromatic nitrogens is 3. The molecule has 4 saturated carbocycles. The minimum atomic E-state index is -0.234. The van der Waals surface area contributed by atoms with Crippen LogP contribution in [0.4, 0.5) is 5.69 Å². The van der Waals surface area contributed by atoms with Crippen molar-refractivity contribution in [3.05, 3.63) is 40.4 Å². The molecule has 4 fully saturated rings. The molecule has 1 amide bonds. The molecule has 4 atom stereocenters. The van der Waals surface area contributed by atoms with Crippen molar-refractivity contribution in [2.24, 2.45) is 17.3 Å². The van der Waals surface area contributed by atoms with Crippen molar-refractivity contribution in [2.45, 2.75) is 63.8 Å². The Hall–Kier alpha value is -1.69. The maximum absolute atomic E-state index is 14.1. The van der Waals surface area contributed by atoms with Gasteiger partial charge in [0.2, 0.25) is 10.6 Å². The monoisotopic (exact) mass is 454 g/mol. The van der Waals surface area contributed by atoms with Crippen LogP contribution in [-0.2, 0) is 16.8 Å². The van der Waals surface area contributed by atoms with E-state index in [0.29, 0.717) is 22.5 Å². The molecule has 2 heterocycles. The van der Waals surface area contributed by atoms with Gasteiger partial charge in [0.05, 0.1) is 11.0 Å². The van der Waals surface area contributed by atoms with E-state index in [4.69, 9.17) is 0 Å². The number of carbonyl (C=O) groups excluding carboxylic acids is 1. The van der Waals surface area contributed by atoms with Crippen LogP contribution in [0.5, 0.6) is 0 Å². The third kappa shape index (κ3) is 2.67. The van der Waals surface area contributed by atoms with E-state index in [1.165, 1.54) is 17.5 Å². The average molecular weight is 455 g/mol. The summed E-state index contributed by atoms with van der Waals surface area (Å²) in [7, 11) is 0. The van der Waals surface area contributed by atoms with Gasteiger partial charge in [-0.2, -0.15) is 0 Å². The van der Waals surface area contributed by atoms with Crippen molar-refractivity contribution in [1.29, 1.82) is 0 Å². The van der Waals surface area contributed by atoms with Crippen LogP contribution in [0.25, 0.3) is 0 Å². The van der Waals surface area contributed by atoms with Gasteiger partial charge in [-0.05, 0) is 97.7 Å². The van der Waals surface area contributed by atoms with E-state index in [1.54, 1.807) is 0 Å². The molecular formula is C23H27BrN4O. The smallest absolute Gasteiger partial charge is 0.233 e. The van der Waals surface area contributed by atoms with Crippen molar-refractivity contribution < 1.29 is 4.79 Å². The molecule has 152 valence electrons. The first-order chi connectivity index (χ1) is 14.0. The van der Waals surface area contributed by atoms with Crippen LogP contribution in [0, 0.1) is 24.2 Å². The Balaban J connectivity index is 1.39. The summed E-state index contributed by atoms with van der Waals surface area (Å²) in [6.45, 7) is 2.99. The molecule has 7 rings (SSSR count). The number of halogens is 1. The van der Waals surface area contributed by atoms with Crippen LogP contribution < -0.4 is 4.90 Å². The standard InChI is InChI=1S/C23H27BrN4O/c1-15-4-5-19-18(7-15)3-2-6-27(19)20(29)22-9-16-8-17(10-22)12-23(11-16,13-22)28-14-25-21(24)26-28/h4-5,7,14,16-17H,2-3,6,8-13H2,1H3/t16-,17+,22?,23?. The summed E-state index contributed by atoms with van der Waals surface area (Å²) in [5.74, 6) is 1.64. The Bertz CT molecular complexity index is 985. The number of carbonyl (C=O) groups is 1. The molecule has 0 N–H and O–H groups in total. The summed E-state index contributed by atoms with van der Waals surface area (Å²) < 4.78 is 2.73. The fraction of sp³-hybridized carbons (Fsp3) is 0.609. The number of amides is 1. The number of nitrogens with zero attached hydrogens (tertiary/aromatic N) is 4. The molecule has 1 aliphatic heterocycles. The SMILES string of the molecule is Cc1ccc2c(c1)CCCN2C(=O)C12C[C@H]3C[C@@H](C1)CC(n1cnc(Br)n1)(C3)C2. The fourth-order valence-corrected chi connectivity index (χ4v) is 7.69. The number of fused-ring (bicyclic) bond motifs is 1.